The van der Waals surface area contributed by atoms with Crippen molar-refractivity contribution in [1.82, 2.24) is 5.32 Å². The number of hydrogen-bond acceptors (Lipinski definition) is 3. The smallest absolute Gasteiger partial charge is 0.244 e. The Hall–Kier alpha value is -1.36. The lowest BCUT2D eigenvalue weighted by atomic mass is 10.4. The molecule has 0 saturated carbocycles. The Morgan fingerprint density at radius 3 is 2.60 bits per heavy atom. The van der Waals surface area contributed by atoms with E-state index in [0.717, 1.165) is 18.6 Å². The summed E-state index contributed by atoms with van der Waals surface area (Å²) >= 11 is 0. The molecule has 0 atom stereocenters. The van der Waals surface area contributed by atoms with Crippen LogP contribution in [0.4, 0.5) is 0 Å². The van der Waals surface area contributed by atoms with Crippen molar-refractivity contribution in [2.45, 2.75) is 26.4 Å². The van der Waals surface area contributed by atoms with Gasteiger partial charge in [-0.3, -0.25) is 9.59 Å². The number of carbonyl (C=O) groups excluding carboxylic acids is 2. The van der Waals surface area contributed by atoms with Crippen molar-refractivity contribution >= 4 is 11.8 Å². The second-order valence-corrected chi connectivity index (χ2v) is 3.30. The summed E-state index contributed by atoms with van der Waals surface area (Å²) in [5.41, 5.74) is 4.82. The van der Waals surface area contributed by atoms with Crippen molar-refractivity contribution in [3.63, 3.8) is 0 Å². The SMILES string of the molecule is CC(C)OCCCNC(=O)C=CC(N)=O. The number of amides is 2. The van der Waals surface area contributed by atoms with E-state index in [-0.39, 0.29) is 12.0 Å². The molecule has 0 fully saturated rings. The van der Waals surface area contributed by atoms with Gasteiger partial charge in [-0.1, -0.05) is 0 Å². The average Bonchev–Trinajstić information content (AvgIpc) is 2.13. The van der Waals surface area contributed by atoms with E-state index in [0.29, 0.717) is 13.2 Å². The molecule has 5 nitrogen and oxygen atoms in total. The zero-order valence-electron chi connectivity index (χ0n) is 9.16. The van der Waals surface area contributed by atoms with Gasteiger partial charge in [0.05, 0.1) is 6.10 Å². The fraction of sp³-hybridized carbons (Fsp3) is 0.600. The lowest BCUT2D eigenvalue weighted by molar-refractivity contribution is -0.117. The monoisotopic (exact) mass is 214 g/mol. The lowest BCUT2D eigenvalue weighted by Crippen LogP contribution is -2.24. The molecule has 0 spiro atoms. The van der Waals surface area contributed by atoms with Gasteiger partial charge in [0.1, 0.15) is 0 Å². The molecule has 0 aromatic carbocycles. The van der Waals surface area contributed by atoms with E-state index in [1.165, 1.54) is 0 Å². The zero-order chi connectivity index (χ0) is 11.7. The molecule has 0 saturated heterocycles. The molecule has 5 heteroatoms. The van der Waals surface area contributed by atoms with Crippen LogP contribution in [0.5, 0.6) is 0 Å². The third-order valence-corrected chi connectivity index (χ3v) is 1.47. The van der Waals surface area contributed by atoms with Crippen LogP contribution in [0.1, 0.15) is 20.3 Å². The van der Waals surface area contributed by atoms with E-state index in [4.69, 9.17) is 10.5 Å². The van der Waals surface area contributed by atoms with E-state index in [1.807, 2.05) is 13.8 Å². The molecule has 0 bridgehead atoms. The lowest BCUT2D eigenvalue weighted by Gasteiger charge is -2.06. The number of rotatable bonds is 7. The minimum Gasteiger partial charge on any atom is -0.379 e. The predicted octanol–water partition coefficient (Wildman–Crippen LogP) is -0.0408. The summed E-state index contributed by atoms with van der Waals surface area (Å²) in [4.78, 5) is 21.3. The molecule has 0 unspecified atom stereocenters. The van der Waals surface area contributed by atoms with Gasteiger partial charge in [-0.25, -0.2) is 0 Å². The van der Waals surface area contributed by atoms with Crippen LogP contribution >= 0.6 is 0 Å². The number of nitrogens with two attached hydrogens (primary N) is 1. The zero-order valence-corrected chi connectivity index (χ0v) is 9.16. The van der Waals surface area contributed by atoms with E-state index < -0.39 is 5.91 Å². The maximum atomic E-state index is 11.0. The highest BCUT2D eigenvalue weighted by atomic mass is 16.5. The van der Waals surface area contributed by atoms with Gasteiger partial charge in [0.25, 0.3) is 0 Å². The van der Waals surface area contributed by atoms with Crippen LogP contribution in [-0.2, 0) is 14.3 Å². The molecule has 0 aliphatic rings. The van der Waals surface area contributed by atoms with Crippen LogP contribution in [0.2, 0.25) is 0 Å². The molecule has 0 aliphatic heterocycles. The Morgan fingerprint density at radius 1 is 1.40 bits per heavy atom. The average molecular weight is 214 g/mol. The Kier molecular flexibility index (Phi) is 7.27. The normalized spacial score (nSPS) is 10.9. The van der Waals surface area contributed by atoms with Crippen molar-refractivity contribution in [3.8, 4) is 0 Å². The van der Waals surface area contributed by atoms with Crippen LogP contribution in [-0.4, -0.2) is 31.1 Å². The first-order valence-corrected chi connectivity index (χ1v) is 4.89. The number of hydrogen-bond donors (Lipinski definition) is 2. The first-order chi connectivity index (χ1) is 7.02. The number of ether oxygens (including phenoxy) is 1. The maximum absolute atomic E-state index is 11.0. The molecule has 15 heavy (non-hydrogen) atoms. The fourth-order valence-electron chi connectivity index (χ4n) is 0.820. The van der Waals surface area contributed by atoms with Crippen molar-refractivity contribution in [1.29, 1.82) is 0 Å². The Bertz CT molecular complexity index is 237. The van der Waals surface area contributed by atoms with Crippen LogP contribution in [0.25, 0.3) is 0 Å². The first kappa shape index (κ1) is 13.6. The number of primary amides is 1. The summed E-state index contributed by atoms with van der Waals surface area (Å²) in [6, 6.07) is 0. The first-order valence-electron chi connectivity index (χ1n) is 4.89. The molecule has 0 heterocycles. The van der Waals surface area contributed by atoms with Crippen LogP contribution < -0.4 is 11.1 Å². The second-order valence-electron chi connectivity index (χ2n) is 3.30. The van der Waals surface area contributed by atoms with E-state index >= 15 is 0 Å². The van der Waals surface area contributed by atoms with E-state index in [2.05, 4.69) is 5.32 Å². The standard InChI is InChI=1S/C10H18N2O3/c1-8(2)15-7-3-6-12-10(14)5-4-9(11)13/h4-5,8H,3,6-7H2,1-2H3,(H2,11,13)(H,12,14). The summed E-state index contributed by atoms with van der Waals surface area (Å²) in [6.45, 7) is 5.04. The molecule has 0 rings (SSSR count). The topological polar surface area (TPSA) is 81.4 Å². The summed E-state index contributed by atoms with van der Waals surface area (Å²) in [5.74, 6) is -0.952. The van der Waals surface area contributed by atoms with E-state index in [1.54, 1.807) is 0 Å². The van der Waals surface area contributed by atoms with E-state index in [9.17, 15) is 9.59 Å². The fourth-order valence-corrected chi connectivity index (χ4v) is 0.820. The summed E-state index contributed by atoms with van der Waals surface area (Å²) in [5, 5.41) is 2.60. The molecule has 2 amide bonds. The number of nitrogens with one attached hydrogen (secondary N) is 1. The molecule has 0 aliphatic carbocycles. The molecular weight excluding hydrogens is 196 g/mol. The van der Waals surface area contributed by atoms with Gasteiger partial charge in [0.2, 0.25) is 11.8 Å². The van der Waals surface area contributed by atoms with Crippen LogP contribution in [0.15, 0.2) is 12.2 Å². The highest BCUT2D eigenvalue weighted by Crippen LogP contribution is 1.89. The summed E-state index contributed by atoms with van der Waals surface area (Å²) < 4.78 is 5.28. The highest BCUT2D eigenvalue weighted by Gasteiger charge is 1.96. The molecule has 0 aromatic heterocycles. The van der Waals surface area contributed by atoms with Gasteiger partial charge in [0.15, 0.2) is 0 Å². The second kappa shape index (κ2) is 7.99. The number of carbonyl (C=O) groups is 2. The van der Waals surface area contributed by atoms with Crippen LogP contribution in [0.3, 0.4) is 0 Å². The Balaban J connectivity index is 3.43. The summed E-state index contributed by atoms with van der Waals surface area (Å²) in [6.07, 6.45) is 3.09. The molecule has 0 aromatic rings. The van der Waals surface area contributed by atoms with Gasteiger partial charge in [-0.05, 0) is 20.3 Å². The highest BCUT2D eigenvalue weighted by molar-refractivity contribution is 5.95. The van der Waals surface area contributed by atoms with Gasteiger partial charge in [-0.2, -0.15) is 0 Å². The Labute approximate surface area is 89.7 Å². The van der Waals surface area contributed by atoms with Crippen molar-refractivity contribution in [2.24, 2.45) is 5.73 Å². The predicted molar refractivity (Wildman–Crippen MR) is 57.0 cm³/mol. The minimum atomic E-state index is -0.631. The third-order valence-electron chi connectivity index (χ3n) is 1.47. The van der Waals surface area contributed by atoms with Gasteiger partial charge >= 0.3 is 0 Å². The minimum absolute atomic E-state index is 0.204. The molecule has 86 valence electrons. The van der Waals surface area contributed by atoms with Gasteiger partial charge in [0, 0.05) is 25.3 Å². The summed E-state index contributed by atoms with van der Waals surface area (Å²) in [7, 11) is 0. The Morgan fingerprint density at radius 2 is 2.07 bits per heavy atom. The molecule has 0 radical (unpaired) electrons. The molecule has 3 N–H and O–H groups in total. The van der Waals surface area contributed by atoms with Gasteiger partial charge < -0.3 is 15.8 Å². The largest absolute Gasteiger partial charge is 0.379 e. The molecular formula is C10H18N2O3. The van der Waals surface area contributed by atoms with Crippen LogP contribution in [0, 0.1) is 0 Å². The van der Waals surface area contributed by atoms with Crippen molar-refractivity contribution in [2.75, 3.05) is 13.2 Å². The van der Waals surface area contributed by atoms with Gasteiger partial charge in [-0.15, -0.1) is 0 Å². The van der Waals surface area contributed by atoms with Crippen molar-refractivity contribution in [3.05, 3.63) is 12.2 Å². The third kappa shape index (κ3) is 10.6. The van der Waals surface area contributed by atoms with Crippen molar-refractivity contribution < 1.29 is 14.3 Å². The quantitative estimate of drug-likeness (QED) is 0.461. The maximum Gasteiger partial charge on any atom is 0.244 e.